The molecule has 1 atom stereocenters. The highest BCUT2D eigenvalue weighted by Gasteiger charge is 2.43. The van der Waals surface area contributed by atoms with E-state index in [4.69, 9.17) is 4.74 Å². The highest BCUT2D eigenvalue weighted by atomic mass is 19.4. The first kappa shape index (κ1) is 24.0. The van der Waals surface area contributed by atoms with E-state index >= 15 is 0 Å². The Morgan fingerprint density at radius 2 is 1.65 bits per heavy atom. The van der Waals surface area contributed by atoms with E-state index in [0.29, 0.717) is 6.20 Å². The maximum Gasteiger partial charge on any atom is 0.422 e. The Bertz CT molecular complexity index is 1040. The SMILES string of the molecule is CC(Nc1nn(-c2c(F)c(F)c(C(F)(F)F)c(F)c2F)cc1C#N)C(=O)OC(C)(C)C. The van der Waals surface area contributed by atoms with Gasteiger partial charge in [-0.2, -0.15) is 18.4 Å². The minimum absolute atomic E-state index is 0.152. The largest absolute Gasteiger partial charge is 0.458 e. The molecule has 0 aliphatic carbocycles. The molecule has 0 amide bonds. The van der Waals surface area contributed by atoms with Crippen LogP contribution in [0.5, 0.6) is 0 Å². The second kappa shape index (κ2) is 8.09. The van der Waals surface area contributed by atoms with Crippen molar-refractivity contribution in [3.8, 4) is 11.8 Å². The van der Waals surface area contributed by atoms with Gasteiger partial charge in [0.15, 0.2) is 29.1 Å². The van der Waals surface area contributed by atoms with Gasteiger partial charge in [-0.05, 0) is 27.7 Å². The Morgan fingerprint density at radius 1 is 1.13 bits per heavy atom. The van der Waals surface area contributed by atoms with Crippen molar-refractivity contribution in [1.82, 2.24) is 9.78 Å². The summed E-state index contributed by atoms with van der Waals surface area (Å²) in [6.45, 7) is 6.08. The fraction of sp³-hybridized carbons (Fsp3) is 0.389. The second-order valence-electron chi connectivity index (χ2n) is 7.32. The number of halogens is 7. The molecule has 6 nitrogen and oxygen atoms in total. The molecule has 168 valence electrons. The molecule has 0 radical (unpaired) electrons. The molecule has 0 fully saturated rings. The standard InChI is InChI=1S/C18H15F7N4O2/c1-7(16(30)31-17(2,3)4)27-15-8(5-26)6-29(28-15)14-12(21)10(19)9(18(23,24)25)11(20)13(14)22/h6-7H,1-4H3,(H,27,28). The minimum Gasteiger partial charge on any atom is -0.458 e. The number of esters is 1. The molecule has 0 bridgehead atoms. The number of nitrogens with one attached hydrogen (secondary N) is 1. The fourth-order valence-corrected chi connectivity index (χ4v) is 2.40. The summed E-state index contributed by atoms with van der Waals surface area (Å²) in [5, 5.41) is 15.2. The smallest absolute Gasteiger partial charge is 0.422 e. The number of nitriles is 1. The van der Waals surface area contributed by atoms with Crippen LogP contribution in [-0.2, 0) is 15.7 Å². The van der Waals surface area contributed by atoms with Gasteiger partial charge in [-0.15, -0.1) is 5.10 Å². The van der Waals surface area contributed by atoms with E-state index in [9.17, 15) is 40.8 Å². The number of hydrogen-bond acceptors (Lipinski definition) is 5. The topological polar surface area (TPSA) is 79.9 Å². The van der Waals surface area contributed by atoms with Gasteiger partial charge in [-0.25, -0.2) is 27.0 Å². The van der Waals surface area contributed by atoms with Crippen LogP contribution >= 0.6 is 0 Å². The van der Waals surface area contributed by atoms with Gasteiger partial charge in [0.25, 0.3) is 0 Å². The number of benzene rings is 1. The van der Waals surface area contributed by atoms with E-state index < -0.39 is 69.7 Å². The van der Waals surface area contributed by atoms with Crippen LogP contribution in [0.2, 0.25) is 0 Å². The molecule has 0 saturated carbocycles. The summed E-state index contributed by atoms with van der Waals surface area (Å²) < 4.78 is 99.6. The van der Waals surface area contributed by atoms with Crippen molar-refractivity contribution in [1.29, 1.82) is 5.26 Å². The van der Waals surface area contributed by atoms with E-state index in [0.717, 1.165) is 0 Å². The molecule has 1 aromatic carbocycles. The highest BCUT2D eigenvalue weighted by molar-refractivity contribution is 5.79. The summed E-state index contributed by atoms with van der Waals surface area (Å²) in [7, 11) is 0. The first-order chi connectivity index (χ1) is 14.1. The van der Waals surface area contributed by atoms with Gasteiger partial charge in [0, 0.05) is 0 Å². The maximum atomic E-state index is 14.2. The average Bonchev–Trinajstić information content (AvgIpc) is 3.00. The Hall–Kier alpha value is -3.30. The summed E-state index contributed by atoms with van der Waals surface area (Å²) in [5.74, 6) is -11.3. The highest BCUT2D eigenvalue weighted by Crippen LogP contribution is 2.38. The lowest BCUT2D eigenvalue weighted by atomic mass is 10.1. The molecule has 1 aromatic heterocycles. The van der Waals surface area contributed by atoms with Gasteiger partial charge >= 0.3 is 12.1 Å². The predicted octanol–water partition coefficient (Wildman–Crippen LogP) is 4.46. The van der Waals surface area contributed by atoms with Gasteiger partial charge in [0.2, 0.25) is 0 Å². The number of aromatic nitrogens is 2. The molecule has 0 saturated heterocycles. The third-order valence-corrected chi connectivity index (χ3v) is 3.70. The van der Waals surface area contributed by atoms with Crippen molar-refractivity contribution < 1.29 is 40.3 Å². The first-order valence-corrected chi connectivity index (χ1v) is 8.51. The Balaban J connectivity index is 2.53. The van der Waals surface area contributed by atoms with Crippen molar-refractivity contribution in [3.05, 3.63) is 40.6 Å². The normalized spacial score (nSPS) is 13.0. The Morgan fingerprint density at radius 3 is 2.06 bits per heavy atom. The van der Waals surface area contributed by atoms with Crippen LogP contribution in [0.15, 0.2) is 6.20 Å². The Labute approximate surface area is 171 Å². The molecule has 1 unspecified atom stereocenters. The zero-order valence-corrected chi connectivity index (χ0v) is 16.5. The summed E-state index contributed by atoms with van der Waals surface area (Å²) in [6, 6.07) is 0.452. The van der Waals surface area contributed by atoms with Gasteiger partial charge in [0.1, 0.15) is 34.5 Å². The second-order valence-corrected chi connectivity index (χ2v) is 7.32. The molecule has 13 heteroatoms. The van der Waals surface area contributed by atoms with Crippen LogP contribution in [0.25, 0.3) is 5.69 Å². The first-order valence-electron chi connectivity index (χ1n) is 8.51. The number of carbonyl (C=O) groups excluding carboxylic acids is 1. The van der Waals surface area contributed by atoms with Gasteiger partial charge < -0.3 is 10.1 Å². The van der Waals surface area contributed by atoms with E-state index in [-0.39, 0.29) is 4.68 Å². The number of anilines is 1. The third kappa shape index (κ3) is 4.89. The summed E-state index contributed by atoms with van der Waals surface area (Å²) in [5.41, 5.74) is -5.63. The van der Waals surface area contributed by atoms with Crippen LogP contribution in [-0.4, -0.2) is 27.4 Å². The summed E-state index contributed by atoms with van der Waals surface area (Å²) >= 11 is 0. The summed E-state index contributed by atoms with van der Waals surface area (Å²) in [4.78, 5) is 12.0. The van der Waals surface area contributed by atoms with E-state index in [1.807, 2.05) is 0 Å². The molecule has 31 heavy (non-hydrogen) atoms. The summed E-state index contributed by atoms with van der Waals surface area (Å²) in [6.07, 6.45) is -5.08. The quantitative estimate of drug-likeness (QED) is 0.421. The molecule has 1 heterocycles. The maximum absolute atomic E-state index is 14.2. The zero-order valence-electron chi connectivity index (χ0n) is 16.5. The lowest BCUT2D eigenvalue weighted by Crippen LogP contribution is -2.34. The minimum atomic E-state index is -5.70. The van der Waals surface area contributed by atoms with Crippen LogP contribution in [0.4, 0.5) is 36.6 Å². The molecular weight excluding hydrogens is 437 g/mol. The predicted molar refractivity (Wildman–Crippen MR) is 92.0 cm³/mol. The number of carbonyl (C=O) groups is 1. The van der Waals surface area contributed by atoms with Crippen molar-refractivity contribution in [3.63, 3.8) is 0 Å². The lowest BCUT2D eigenvalue weighted by Gasteiger charge is -2.22. The lowest BCUT2D eigenvalue weighted by molar-refractivity contribution is -0.155. The molecule has 2 aromatic rings. The number of nitrogens with zero attached hydrogens (tertiary/aromatic N) is 3. The van der Waals surface area contributed by atoms with Crippen molar-refractivity contribution in [2.45, 2.75) is 45.5 Å². The van der Waals surface area contributed by atoms with Gasteiger partial charge in [-0.1, -0.05) is 0 Å². The molecule has 0 aliphatic rings. The number of hydrogen-bond donors (Lipinski definition) is 1. The zero-order chi connectivity index (χ0) is 23.9. The molecule has 1 N–H and O–H groups in total. The van der Waals surface area contributed by atoms with Crippen LogP contribution in [0.1, 0.15) is 38.8 Å². The van der Waals surface area contributed by atoms with E-state index in [2.05, 4.69) is 10.4 Å². The van der Waals surface area contributed by atoms with Crippen LogP contribution in [0.3, 0.4) is 0 Å². The van der Waals surface area contributed by atoms with Crippen molar-refractivity contribution >= 4 is 11.8 Å². The number of alkyl halides is 3. The number of rotatable bonds is 4. The van der Waals surface area contributed by atoms with Crippen molar-refractivity contribution in [2.75, 3.05) is 5.32 Å². The van der Waals surface area contributed by atoms with Gasteiger partial charge in [-0.3, -0.25) is 0 Å². The molecular formula is C18H15F7N4O2. The monoisotopic (exact) mass is 452 g/mol. The molecule has 0 spiro atoms. The van der Waals surface area contributed by atoms with E-state index in [1.165, 1.54) is 6.92 Å². The molecule has 2 rings (SSSR count). The third-order valence-electron chi connectivity index (χ3n) is 3.70. The fourth-order valence-electron chi connectivity index (χ4n) is 2.40. The Kier molecular flexibility index (Phi) is 6.25. The van der Waals surface area contributed by atoms with Gasteiger partial charge in [0.05, 0.1) is 6.20 Å². The van der Waals surface area contributed by atoms with E-state index in [1.54, 1.807) is 26.8 Å². The van der Waals surface area contributed by atoms with Crippen molar-refractivity contribution in [2.24, 2.45) is 0 Å². The molecule has 0 aliphatic heterocycles. The van der Waals surface area contributed by atoms with Crippen LogP contribution < -0.4 is 5.32 Å². The average molecular weight is 452 g/mol. The van der Waals surface area contributed by atoms with Crippen LogP contribution in [0, 0.1) is 34.6 Å². The number of ether oxygens (including phenoxy) is 1.